The summed E-state index contributed by atoms with van der Waals surface area (Å²) >= 11 is 5.38. The highest BCUT2D eigenvalue weighted by atomic mass is 79.9. The van der Waals surface area contributed by atoms with Crippen molar-refractivity contribution in [3.8, 4) is 10.4 Å². The Morgan fingerprint density at radius 1 is 1.28 bits per heavy atom. The van der Waals surface area contributed by atoms with Gasteiger partial charge in [0.1, 0.15) is 0 Å². The smallest absolute Gasteiger partial charge is 0.0418 e. The first kappa shape index (κ1) is 12.4. The first-order valence-corrected chi connectivity index (χ1v) is 7.88. The third-order valence-corrected chi connectivity index (χ3v) is 5.26. The summed E-state index contributed by atoms with van der Waals surface area (Å²) in [7, 11) is 0. The molecule has 1 unspecified atom stereocenters. The lowest BCUT2D eigenvalue weighted by molar-refractivity contribution is 0.645. The van der Waals surface area contributed by atoms with E-state index in [2.05, 4.69) is 53.2 Å². The van der Waals surface area contributed by atoms with Crippen LogP contribution in [0.5, 0.6) is 0 Å². The summed E-state index contributed by atoms with van der Waals surface area (Å²) in [5.41, 5.74) is 8.88. The zero-order valence-corrected chi connectivity index (χ0v) is 12.7. The van der Waals surface area contributed by atoms with Crippen molar-refractivity contribution >= 4 is 27.3 Å². The number of rotatable bonds is 3. The van der Waals surface area contributed by atoms with Gasteiger partial charge < -0.3 is 5.73 Å². The molecule has 0 saturated heterocycles. The molecule has 1 aliphatic rings. The summed E-state index contributed by atoms with van der Waals surface area (Å²) in [5.74, 6) is 0.722. The highest BCUT2D eigenvalue weighted by Gasteiger charge is 2.30. The SMILES string of the molecule is Cc1ccc(Br)cc1-c1ccc(C(N)C2CC2)s1. The second-order valence-electron chi connectivity index (χ2n) is 5.02. The molecule has 0 aliphatic heterocycles. The van der Waals surface area contributed by atoms with Gasteiger partial charge in [0.15, 0.2) is 0 Å². The Kier molecular flexibility index (Phi) is 3.31. The van der Waals surface area contributed by atoms with E-state index in [-0.39, 0.29) is 6.04 Å². The molecule has 1 aliphatic carbocycles. The van der Waals surface area contributed by atoms with Gasteiger partial charge in [-0.3, -0.25) is 0 Å². The van der Waals surface area contributed by atoms with Crippen LogP contribution in [-0.4, -0.2) is 0 Å². The standard InChI is InChI=1S/C15H16BrNS/c1-9-2-5-11(16)8-12(9)13-6-7-14(18-13)15(17)10-3-4-10/h2,5-8,10,15H,3-4,17H2,1H3. The van der Waals surface area contributed by atoms with Crippen LogP contribution in [0.2, 0.25) is 0 Å². The molecule has 3 heteroatoms. The summed E-state index contributed by atoms with van der Waals surface area (Å²) in [5, 5.41) is 0. The highest BCUT2D eigenvalue weighted by molar-refractivity contribution is 9.10. The number of benzene rings is 1. The van der Waals surface area contributed by atoms with Crippen LogP contribution in [0.1, 0.15) is 29.3 Å². The molecule has 1 saturated carbocycles. The molecule has 18 heavy (non-hydrogen) atoms. The zero-order chi connectivity index (χ0) is 12.7. The largest absolute Gasteiger partial charge is 0.323 e. The topological polar surface area (TPSA) is 26.0 Å². The maximum absolute atomic E-state index is 6.26. The third-order valence-electron chi connectivity index (χ3n) is 3.55. The van der Waals surface area contributed by atoms with E-state index in [1.165, 1.54) is 33.7 Å². The van der Waals surface area contributed by atoms with Gasteiger partial charge in [0, 0.05) is 20.3 Å². The van der Waals surface area contributed by atoms with E-state index in [0.29, 0.717) is 0 Å². The third kappa shape index (κ3) is 2.40. The van der Waals surface area contributed by atoms with Crippen LogP contribution >= 0.6 is 27.3 Å². The number of thiophene rings is 1. The van der Waals surface area contributed by atoms with E-state index < -0.39 is 0 Å². The fourth-order valence-electron chi connectivity index (χ4n) is 2.22. The Labute approximate surface area is 120 Å². The minimum atomic E-state index is 0.246. The number of halogens is 1. The van der Waals surface area contributed by atoms with Gasteiger partial charge in [-0.15, -0.1) is 11.3 Å². The zero-order valence-electron chi connectivity index (χ0n) is 10.3. The van der Waals surface area contributed by atoms with Crippen LogP contribution in [0.15, 0.2) is 34.8 Å². The first-order valence-electron chi connectivity index (χ1n) is 6.27. The molecule has 1 atom stereocenters. The molecule has 1 fully saturated rings. The fraction of sp³-hybridized carbons (Fsp3) is 0.333. The lowest BCUT2D eigenvalue weighted by Crippen LogP contribution is -2.10. The predicted molar refractivity (Wildman–Crippen MR) is 81.8 cm³/mol. The second-order valence-corrected chi connectivity index (χ2v) is 7.06. The molecule has 0 amide bonds. The summed E-state index contributed by atoms with van der Waals surface area (Å²) in [6.07, 6.45) is 2.59. The van der Waals surface area contributed by atoms with Gasteiger partial charge in [-0.1, -0.05) is 22.0 Å². The maximum atomic E-state index is 6.26. The van der Waals surface area contributed by atoms with E-state index in [4.69, 9.17) is 5.73 Å². The van der Waals surface area contributed by atoms with Gasteiger partial charge >= 0.3 is 0 Å². The lowest BCUT2D eigenvalue weighted by atomic mass is 10.1. The van der Waals surface area contributed by atoms with Crippen molar-refractivity contribution in [1.29, 1.82) is 0 Å². The van der Waals surface area contributed by atoms with Crippen molar-refractivity contribution in [1.82, 2.24) is 0 Å². The minimum Gasteiger partial charge on any atom is -0.323 e. The molecular weight excluding hydrogens is 306 g/mol. The quantitative estimate of drug-likeness (QED) is 0.855. The minimum absolute atomic E-state index is 0.246. The molecule has 0 radical (unpaired) electrons. The number of hydrogen-bond acceptors (Lipinski definition) is 2. The second kappa shape index (κ2) is 4.80. The average Bonchev–Trinajstić information content (AvgIpc) is 3.09. The van der Waals surface area contributed by atoms with Gasteiger partial charge in [0.05, 0.1) is 0 Å². The molecule has 2 N–H and O–H groups in total. The predicted octanol–water partition coefficient (Wildman–Crippen LogP) is 4.90. The molecule has 0 spiro atoms. The van der Waals surface area contributed by atoms with Crippen LogP contribution in [0.25, 0.3) is 10.4 Å². The van der Waals surface area contributed by atoms with E-state index in [9.17, 15) is 0 Å². The number of aryl methyl sites for hydroxylation is 1. The van der Waals surface area contributed by atoms with Crippen molar-refractivity contribution in [2.45, 2.75) is 25.8 Å². The van der Waals surface area contributed by atoms with Crippen LogP contribution in [0, 0.1) is 12.8 Å². The van der Waals surface area contributed by atoms with Gasteiger partial charge in [0.25, 0.3) is 0 Å². The van der Waals surface area contributed by atoms with Gasteiger partial charge in [-0.25, -0.2) is 0 Å². The molecule has 1 aromatic carbocycles. The summed E-state index contributed by atoms with van der Waals surface area (Å²) in [4.78, 5) is 2.65. The average molecular weight is 322 g/mol. The maximum Gasteiger partial charge on any atom is 0.0418 e. The fourth-order valence-corrected chi connectivity index (χ4v) is 3.77. The lowest BCUT2D eigenvalue weighted by Gasteiger charge is -2.07. The van der Waals surface area contributed by atoms with E-state index in [1.54, 1.807) is 0 Å². The molecule has 1 heterocycles. The molecule has 3 rings (SSSR count). The van der Waals surface area contributed by atoms with Crippen molar-refractivity contribution in [3.63, 3.8) is 0 Å². The molecule has 0 bridgehead atoms. The molecule has 94 valence electrons. The Hall–Kier alpha value is -0.640. The van der Waals surface area contributed by atoms with E-state index in [1.807, 2.05) is 11.3 Å². The van der Waals surface area contributed by atoms with Crippen LogP contribution < -0.4 is 5.73 Å². The number of hydrogen-bond donors (Lipinski definition) is 1. The molecule has 1 nitrogen and oxygen atoms in total. The van der Waals surface area contributed by atoms with E-state index >= 15 is 0 Å². The van der Waals surface area contributed by atoms with Gasteiger partial charge in [-0.05, 0) is 61.1 Å². The van der Waals surface area contributed by atoms with Crippen LogP contribution in [0.3, 0.4) is 0 Å². The van der Waals surface area contributed by atoms with Gasteiger partial charge in [0.2, 0.25) is 0 Å². The summed E-state index contributed by atoms with van der Waals surface area (Å²) < 4.78 is 1.13. The van der Waals surface area contributed by atoms with Crippen molar-refractivity contribution in [3.05, 3.63) is 45.2 Å². The van der Waals surface area contributed by atoms with E-state index in [0.717, 1.165) is 10.4 Å². The summed E-state index contributed by atoms with van der Waals surface area (Å²) in [6, 6.07) is 11.1. The molecule has 1 aromatic heterocycles. The van der Waals surface area contributed by atoms with Crippen molar-refractivity contribution < 1.29 is 0 Å². The highest BCUT2D eigenvalue weighted by Crippen LogP contribution is 2.43. The Morgan fingerprint density at radius 3 is 2.78 bits per heavy atom. The molecule has 2 aromatic rings. The summed E-state index contributed by atoms with van der Waals surface area (Å²) in [6.45, 7) is 2.15. The first-order chi connectivity index (χ1) is 8.65. The normalized spacial score (nSPS) is 16.8. The monoisotopic (exact) mass is 321 g/mol. The van der Waals surface area contributed by atoms with Crippen molar-refractivity contribution in [2.75, 3.05) is 0 Å². The van der Waals surface area contributed by atoms with Crippen LogP contribution in [0.4, 0.5) is 0 Å². The Bertz CT molecular complexity index is 572. The Morgan fingerprint density at radius 2 is 2.06 bits per heavy atom. The molecular formula is C15H16BrNS. The van der Waals surface area contributed by atoms with Crippen LogP contribution in [-0.2, 0) is 0 Å². The van der Waals surface area contributed by atoms with Crippen molar-refractivity contribution in [2.24, 2.45) is 11.7 Å². The van der Waals surface area contributed by atoms with Gasteiger partial charge in [-0.2, -0.15) is 0 Å². The number of nitrogens with two attached hydrogens (primary N) is 1. The Balaban J connectivity index is 1.94.